The molecule has 5 rings (SSSR count). The Morgan fingerprint density at radius 2 is 1.83 bits per heavy atom. The normalized spacial score (nSPS) is 18.5. The second kappa shape index (κ2) is 6.95. The van der Waals surface area contributed by atoms with Crippen molar-refractivity contribution in [2.24, 2.45) is 7.05 Å². The Bertz CT molecular complexity index is 1180. The average Bonchev–Trinajstić information content (AvgIpc) is 3.29. The molecule has 3 aromatic rings. The maximum absolute atomic E-state index is 12.9. The van der Waals surface area contributed by atoms with Crippen LogP contribution in [0.15, 0.2) is 54.7 Å². The predicted molar refractivity (Wildman–Crippen MR) is 110 cm³/mol. The van der Waals surface area contributed by atoms with Gasteiger partial charge in [0.25, 0.3) is 5.91 Å². The average molecular weight is 400 g/mol. The number of rotatable bonds is 3. The lowest BCUT2D eigenvalue weighted by Crippen LogP contribution is -2.52. The highest BCUT2D eigenvalue weighted by atomic mass is 16.2. The van der Waals surface area contributed by atoms with Gasteiger partial charge in [-0.15, -0.1) is 0 Å². The number of nitrogens with zero attached hydrogens (tertiary/aromatic N) is 3. The molecule has 150 valence electrons. The molecule has 0 saturated carbocycles. The summed E-state index contributed by atoms with van der Waals surface area (Å²) in [7, 11) is 1.95. The van der Waals surface area contributed by atoms with Gasteiger partial charge in [0.15, 0.2) is 0 Å². The van der Waals surface area contributed by atoms with Crippen LogP contribution in [-0.2, 0) is 23.2 Å². The Morgan fingerprint density at radius 3 is 2.60 bits per heavy atom. The highest BCUT2D eigenvalue weighted by Gasteiger charge is 2.39. The minimum atomic E-state index is -0.608. The monoisotopic (exact) mass is 400 g/mol. The molecule has 1 fully saturated rings. The number of aryl methyl sites for hydroxylation is 1. The first kappa shape index (κ1) is 18.3. The molecule has 1 N–H and O–H groups in total. The number of fused-ring (bicyclic) bond motifs is 1. The summed E-state index contributed by atoms with van der Waals surface area (Å²) in [5.41, 5.74) is 4.30. The van der Waals surface area contributed by atoms with Crippen LogP contribution < -0.4 is 5.32 Å². The van der Waals surface area contributed by atoms with Crippen LogP contribution in [0, 0.1) is 0 Å². The maximum atomic E-state index is 12.9. The lowest BCUT2D eigenvalue weighted by Gasteiger charge is -2.29. The second-order valence-corrected chi connectivity index (χ2v) is 7.70. The van der Waals surface area contributed by atoms with E-state index in [0.717, 1.165) is 28.2 Å². The molecule has 1 saturated heterocycles. The van der Waals surface area contributed by atoms with Gasteiger partial charge in [-0.3, -0.25) is 19.7 Å². The van der Waals surface area contributed by atoms with E-state index in [1.165, 1.54) is 0 Å². The van der Waals surface area contributed by atoms with Crippen LogP contribution in [0.3, 0.4) is 0 Å². The van der Waals surface area contributed by atoms with E-state index in [0.29, 0.717) is 18.5 Å². The molecular formula is C23H20N4O3. The number of carbonyl (C=O) groups is 3. The van der Waals surface area contributed by atoms with Crippen molar-refractivity contribution in [3.05, 3.63) is 65.9 Å². The number of imide groups is 1. The molecule has 2 aromatic carbocycles. The van der Waals surface area contributed by atoms with Gasteiger partial charge in [0.05, 0.1) is 5.69 Å². The second-order valence-electron chi connectivity index (χ2n) is 7.70. The zero-order chi connectivity index (χ0) is 20.8. The van der Waals surface area contributed by atoms with Gasteiger partial charge < -0.3 is 9.47 Å². The van der Waals surface area contributed by atoms with E-state index in [9.17, 15) is 14.4 Å². The van der Waals surface area contributed by atoms with Crippen molar-refractivity contribution in [1.29, 1.82) is 0 Å². The Morgan fingerprint density at radius 1 is 1.03 bits per heavy atom. The number of hydrogen-bond donors (Lipinski definition) is 1. The van der Waals surface area contributed by atoms with Crippen molar-refractivity contribution in [2.45, 2.75) is 25.4 Å². The fourth-order valence-corrected chi connectivity index (χ4v) is 4.20. The third-order valence-electron chi connectivity index (χ3n) is 5.73. The summed E-state index contributed by atoms with van der Waals surface area (Å²) >= 11 is 0. The van der Waals surface area contributed by atoms with Crippen molar-refractivity contribution >= 4 is 17.7 Å². The summed E-state index contributed by atoms with van der Waals surface area (Å²) in [5, 5.41) is 2.33. The van der Waals surface area contributed by atoms with Crippen LogP contribution in [0.2, 0.25) is 0 Å². The van der Waals surface area contributed by atoms with Gasteiger partial charge >= 0.3 is 0 Å². The number of amides is 3. The molecule has 3 amide bonds. The number of imidazole rings is 1. The summed E-state index contributed by atoms with van der Waals surface area (Å²) in [6, 6.07) is 15.0. The first-order valence-corrected chi connectivity index (χ1v) is 9.88. The quantitative estimate of drug-likeness (QED) is 0.685. The Balaban J connectivity index is 1.45. The van der Waals surface area contributed by atoms with Crippen molar-refractivity contribution in [3.8, 4) is 22.6 Å². The fourth-order valence-electron chi connectivity index (χ4n) is 4.20. The lowest BCUT2D eigenvalue weighted by molar-refractivity contribution is -0.136. The lowest BCUT2D eigenvalue weighted by atomic mass is 10.0. The summed E-state index contributed by atoms with van der Waals surface area (Å²) in [6.45, 7) is 0.351. The van der Waals surface area contributed by atoms with Gasteiger partial charge in [-0.1, -0.05) is 36.4 Å². The van der Waals surface area contributed by atoms with E-state index in [4.69, 9.17) is 4.98 Å². The molecule has 30 heavy (non-hydrogen) atoms. The number of hydrogen-bond acceptors (Lipinski definition) is 4. The van der Waals surface area contributed by atoms with Gasteiger partial charge in [0.2, 0.25) is 11.8 Å². The molecule has 0 spiro atoms. The smallest absolute Gasteiger partial charge is 0.255 e. The number of carbonyl (C=O) groups excluding carboxylic acids is 3. The number of piperidine rings is 1. The predicted octanol–water partition coefficient (Wildman–Crippen LogP) is 2.52. The molecule has 7 heteroatoms. The van der Waals surface area contributed by atoms with Gasteiger partial charge in [0.1, 0.15) is 11.9 Å². The molecule has 0 bridgehead atoms. The van der Waals surface area contributed by atoms with E-state index in [2.05, 4.69) is 5.32 Å². The molecule has 1 unspecified atom stereocenters. The van der Waals surface area contributed by atoms with Crippen LogP contribution in [0.1, 0.15) is 28.8 Å². The zero-order valence-corrected chi connectivity index (χ0v) is 16.5. The van der Waals surface area contributed by atoms with Gasteiger partial charge in [0, 0.05) is 42.9 Å². The molecule has 1 aromatic heterocycles. The van der Waals surface area contributed by atoms with Crippen LogP contribution in [0.25, 0.3) is 22.6 Å². The Labute approximate surface area is 173 Å². The number of nitrogens with one attached hydrogen (secondary N) is 1. The third kappa shape index (κ3) is 2.99. The van der Waals surface area contributed by atoms with E-state index >= 15 is 0 Å². The molecule has 0 radical (unpaired) electrons. The fraction of sp³-hybridized carbons (Fsp3) is 0.217. The Kier molecular flexibility index (Phi) is 4.24. The highest BCUT2D eigenvalue weighted by Crippen LogP contribution is 2.31. The molecule has 3 heterocycles. The number of aromatic nitrogens is 2. The minimum absolute atomic E-state index is 0.170. The first-order chi connectivity index (χ1) is 14.5. The molecule has 7 nitrogen and oxygen atoms in total. The Hall–Kier alpha value is -3.74. The number of benzene rings is 2. The molecule has 2 aliphatic heterocycles. The van der Waals surface area contributed by atoms with Crippen LogP contribution in [0.4, 0.5) is 0 Å². The van der Waals surface area contributed by atoms with Gasteiger partial charge in [-0.25, -0.2) is 4.98 Å². The molecule has 0 aliphatic carbocycles. The van der Waals surface area contributed by atoms with Crippen LogP contribution in [0.5, 0.6) is 0 Å². The minimum Gasteiger partial charge on any atom is -0.333 e. The molecule has 2 aliphatic rings. The summed E-state index contributed by atoms with van der Waals surface area (Å²) in [6.07, 6.45) is 2.59. The standard InChI is InChI=1S/C23H20N4O3/c1-26-13-18(14-5-3-2-4-6-14)24-21(26)15-7-8-17-16(11-15)12-27(23(17)30)19-9-10-20(28)25-22(19)29/h2-8,11,13,19H,9-10,12H2,1H3,(H,25,28,29). The molecule has 1 atom stereocenters. The topological polar surface area (TPSA) is 84.3 Å². The van der Waals surface area contributed by atoms with Crippen molar-refractivity contribution in [2.75, 3.05) is 0 Å². The zero-order valence-electron chi connectivity index (χ0n) is 16.5. The van der Waals surface area contributed by atoms with Crippen LogP contribution in [-0.4, -0.2) is 38.2 Å². The van der Waals surface area contributed by atoms with E-state index < -0.39 is 11.9 Å². The van der Waals surface area contributed by atoms with Gasteiger partial charge in [-0.05, 0) is 24.1 Å². The summed E-state index contributed by atoms with van der Waals surface area (Å²) in [4.78, 5) is 42.9. The summed E-state index contributed by atoms with van der Waals surface area (Å²) < 4.78 is 1.97. The highest BCUT2D eigenvalue weighted by molar-refractivity contribution is 6.05. The van der Waals surface area contributed by atoms with E-state index in [-0.39, 0.29) is 18.2 Å². The molecular weight excluding hydrogens is 380 g/mol. The largest absolute Gasteiger partial charge is 0.333 e. The first-order valence-electron chi connectivity index (χ1n) is 9.88. The van der Waals surface area contributed by atoms with Gasteiger partial charge in [-0.2, -0.15) is 0 Å². The van der Waals surface area contributed by atoms with Crippen molar-refractivity contribution < 1.29 is 14.4 Å². The van der Waals surface area contributed by atoms with E-state index in [1.54, 1.807) is 11.0 Å². The van der Waals surface area contributed by atoms with Crippen molar-refractivity contribution in [3.63, 3.8) is 0 Å². The SMILES string of the molecule is Cn1cc(-c2ccccc2)nc1-c1ccc2c(c1)CN(C1CCC(=O)NC1=O)C2=O. The third-order valence-corrected chi connectivity index (χ3v) is 5.73. The van der Waals surface area contributed by atoms with Crippen LogP contribution >= 0.6 is 0 Å². The summed E-state index contributed by atoms with van der Waals surface area (Å²) in [5.74, 6) is -0.0460. The van der Waals surface area contributed by atoms with Crippen molar-refractivity contribution in [1.82, 2.24) is 19.8 Å². The maximum Gasteiger partial charge on any atom is 0.255 e. The van der Waals surface area contributed by atoms with E-state index in [1.807, 2.05) is 60.3 Å².